The van der Waals surface area contributed by atoms with Crippen LogP contribution in [0.1, 0.15) is 49.9 Å². The zero-order valence-electron chi connectivity index (χ0n) is 14.0. The number of hydrogen-bond donors (Lipinski definition) is 1. The van der Waals surface area contributed by atoms with Crippen LogP contribution in [0.3, 0.4) is 0 Å². The predicted molar refractivity (Wildman–Crippen MR) is 91.8 cm³/mol. The Hall–Kier alpha value is -1.66. The van der Waals surface area contributed by atoms with Gasteiger partial charge in [0.15, 0.2) is 0 Å². The average Bonchev–Trinajstić information content (AvgIpc) is 3.10. The maximum absolute atomic E-state index is 12.3. The number of carbonyl (C=O) groups is 1. The predicted octanol–water partition coefficient (Wildman–Crippen LogP) is 3.59. The van der Waals surface area contributed by atoms with Crippen molar-refractivity contribution in [2.24, 2.45) is 0 Å². The van der Waals surface area contributed by atoms with E-state index >= 15 is 0 Å². The van der Waals surface area contributed by atoms with Gasteiger partial charge >= 0.3 is 0 Å². The second kappa shape index (κ2) is 6.09. The van der Waals surface area contributed by atoms with Crippen molar-refractivity contribution in [3.05, 3.63) is 33.6 Å². The van der Waals surface area contributed by atoms with Crippen molar-refractivity contribution >= 4 is 23.1 Å². The summed E-state index contributed by atoms with van der Waals surface area (Å²) in [6.07, 6.45) is 1.01. The number of nitrogens with one attached hydrogen (secondary N) is 1. The first-order chi connectivity index (χ1) is 10.8. The maximum atomic E-state index is 12.3. The molecule has 0 aliphatic carbocycles. The second-order valence-electron chi connectivity index (χ2n) is 7.07. The number of carbonyl (C=O) groups excluding carboxylic acids is 1. The average molecular weight is 333 g/mol. The highest BCUT2D eigenvalue weighted by Gasteiger charge is 2.26. The molecule has 2 aromatic rings. The van der Waals surface area contributed by atoms with Gasteiger partial charge in [0.25, 0.3) is 0 Å². The second-order valence-corrected chi connectivity index (χ2v) is 8.07. The van der Waals surface area contributed by atoms with Gasteiger partial charge < -0.3 is 4.52 Å². The molecule has 23 heavy (non-hydrogen) atoms. The highest BCUT2D eigenvalue weighted by atomic mass is 32.1. The van der Waals surface area contributed by atoms with Crippen LogP contribution >= 0.6 is 11.3 Å². The van der Waals surface area contributed by atoms with Gasteiger partial charge in [-0.25, -0.2) is 0 Å². The van der Waals surface area contributed by atoms with Gasteiger partial charge in [-0.2, -0.15) is 0 Å². The number of rotatable bonds is 3. The summed E-state index contributed by atoms with van der Waals surface area (Å²) in [5, 5.41) is 8.97. The summed E-state index contributed by atoms with van der Waals surface area (Å²) >= 11 is 1.81. The van der Waals surface area contributed by atoms with Gasteiger partial charge in [0.2, 0.25) is 11.8 Å². The van der Waals surface area contributed by atoms with Crippen molar-refractivity contribution in [3.63, 3.8) is 0 Å². The number of thiophene rings is 1. The number of fused-ring (bicyclic) bond motifs is 1. The molecule has 2 aromatic heterocycles. The lowest BCUT2D eigenvalue weighted by Crippen LogP contribution is -2.39. The van der Waals surface area contributed by atoms with Crippen molar-refractivity contribution in [3.8, 4) is 0 Å². The Labute approximate surface area is 140 Å². The summed E-state index contributed by atoms with van der Waals surface area (Å²) in [4.78, 5) is 15.9. The summed E-state index contributed by atoms with van der Waals surface area (Å²) in [6.45, 7) is 9.61. The van der Waals surface area contributed by atoms with Crippen molar-refractivity contribution in [1.29, 1.82) is 0 Å². The van der Waals surface area contributed by atoms with Gasteiger partial charge in [-0.15, -0.1) is 11.3 Å². The van der Waals surface area contributed by atoms with E-state index in [9.17, 15) is 4.79 Å². The van der Waals surface area contributed by atoms with Gasteiger partial charge in [0.05, 0.1) is 12.2 Å². The molecule has 1 unspecified atom stereocenters. The highest BCUT2D eigenvalue weighted by Crippen LogP contribution is 2.32. The summed E-state index contributed by atoms with van der Waals surface area (Å²) < 4.78 is 5.22. The third-order valence-electron chi connectivity index (χ3n) is 4.29. The van der Waals surface area contributed by atoms with Crippen molar-refractivity contribution in [1.82, 2.24) is 10.1 Å². The molecule has 124 valence electrons. The van der Waals surface area contributed by atoms with Crippen LogP contribution in [-0.2, 0) is 16.6 Å². The van der Waals surface area contributed by atoms with Crippen LogP contribution in [0, 0.1) is 0 Å². The van der Waals surface area contributed by atoms with E-state index < -0.39 is 0 Å². The summed E-state index contributed by atoms with van der Waals surface area (Å²) in [7, 11) is 0. The summed E-state index contributed by atoms with van der Waals surface area (Å²) in [6, 6.07) is 4.24. The third kappa shape index (κ3) is 3.48. The minimum atomic E-state index is -0.0940. The van der Waals surface area contributed by atoms with Gasteiger partial charge in [-0.3, -0.25) is 15.0 Å². The van der Waals surface area contributed by atoms with Crippen LogP contribution < -0.4 is 5.32 Å². The van der Waals surface area contributed by atoms with Gasteiger partial charge in [-0.05, 0) is 30.4 Å². The Morgan fingerprint density at radius 3 is 3.00 bits per heavy atom. The van der Waals surface area contributed by atoms with Crippen LogP contribution in [0.25, 0.3) is 0 Å². The van der Waals surface area contributed by atoms with Crippen molar-refractivity contribution < 1.29 is 9.32 Å². The Balaban J connectivity index is 1.61. The van der Waals surface area contributed by atoms with E-state index in [0.717, 1.165) is 18.7 Å². The molecule has 1 aliphatic rings. The van der Waals surface area contributed by atoms with E-state index in [1.165, 1.54) is 10.4 Å². The molecule has 0 aromatic carbocycles. The highest BCUT2D eigenvalue weighted by molar-refractivity contribution is 7.10. The zero-order valence-corrected chi connectivity index (χ0v) is 14.9. The normalized spacial score (nSPS) is 18.7. The van der Waals surface area contributed by atoms with Crippen LogP contribution in [-0.4, -0.2) is 29.1 Å². The molecule has 3 rings (SSSR count). The van der Waals surface area contributed by atoms with Crippen LogP contribution in [0.4, 0.5) is 5.88 Å². The quantitative estimate of drug-likeness (QED) is 0.932. The van der Waals surface area contributed by atoms with E-state index in [4.69, 9.17) is 4.52 Å². The standard InChI is InChI=1S/C17H23N3O2S/c1-11-12-6-8-23-13(12)5-7-20(11)10-15(21)18-16-9-14(19-22-16)17(2,3)4/h6,8-9,11H,5,7,10H2,1-4H3,(H,18,21). The fraction of sp³-hybridized carbons (Fsp3) is 0.529. The molecule has 0 spiro atoms. The Morgan fingerprint density at radius 2 is 2.30 bits per heavy atom. The SMILES string of the molecule is CC1c2ccsc2CCN1CC(=O)Nc1cc(C(C)(C)C)no1. The van der Waals surface area contributed by atoms with E-state index in [1.54, 1.807) is 6.07 Å². The van der Waals surface area contributed by atoms with Crippen molar-refractivity contribution in [2.45, 2.75) is 45.6 Å². The van der Waals surface area contributed by atoms with Gasteiger partial charge in [0, 0.05) is 28.9 Å². The molecule has 0 fully saturated rings. The van der Waals surface area contributed by atoms with Crippen LogP contribution in [0.15, 0.2) is 22.0 Å². The lowest BCUT2D eigenvalue weighted by Gasteiger charge is -2.32. The van der Waals surface area contributed by atoms with E-state index in [0.29, 0.717) is 12.4 Å². The first kappa shape index (κ1) is 16.2. The molecule has 0 bridgehead atoms. The molecule has 0 saturated carbocycles. The molecular weight excluding hydrogens is 310 g/mol. The third-order valence-corrected chi connectivity index (χ3v) is 5.29. The number of anilines is 1. The molecule has 1 atom stereocenters. The summed E-state index contributed by atoms with van der Waals surface area (Å²) in [5.74, 6) is 0.355. The van der Waals surface area contributed by atoms with E-state index in [2.05, 4.69) is 54.5 Å². The lowest BCUT2D eigenvalue weighted by molar-refractivity contribution is -0.118. The monoisotopic (exact) mass is 333 g/mol. The number of aromatic nitrogens is 1. The number of nitrogens with zero attached hydrogens (tertiary/aromatic N) is 2. The topological polar surface area (TPSA) is 58.4 Å². The Kier molecular flexibility index (Phi) is 4.29. The number of hydrogen-bond acceptors (Lipinski definition) is 5. The smallest absolute Gasteiger partial charge is 0.240 e. The molecule has 6 heteroatoms. The van der Waals surface area contributed by atoms with E-state index in [1.807, 2.05) is 11.3 Å². The minimum Gasteiger partial charge on any atom is -0.338 e. The van der Waals surface area contributed by atoms with Crippen molar-refractivity contribution in [2.75, 3.05) is 18.4 Å². The first-order valence-electron chi connectivity index (χ1n) is 7.92. The maximum Gasteiger partial charge on any atom is 0.240 e. The molecule has 1 amide bonds. The molecular formula is C17H23N3O2S. The van der Waals surface area contributed by atoms with Gasteiger partial charge in [0.1, 0.15) is 0 Å². The Morgan fingerprint density at radius 1 is 1.52 bits per heavy atom. The first-order valence-corrected chi connectivity index (χ1v) is 8.80. The molecule has 1 N–H and O–H groups in total. The molecule has 0 saturated heterocycles. The Bertz CT molecular complexity index is 699. The molecule has 5 nitrogen and oxygen atoms in total. The molecule has 0 radical (unpaired) electrons. The lowest BCUT2D eigenvalue weighted by atomic mass is 9.92. The molecule has 3 heterocycles. The minimum absolute atomic E-state index is 0.0628. The van der Waals surface area contributed by atoms with E-state index in [-0.39, 0.29) is 17.4 Å². The molecule has 1 aliphatic heterocycles. The fourth-order valence-electron chi connectivity index (χ4n) is 2.83. The fourth-order valence-corrected chi connectivity index (χ4v) is 3.79. The van der Waals surface area contributed by atoms with Gasteiger partial charge in [-0.1, -0.05) is 25.9 Å². The number of amides is 1. The van der Waals surface area contributed by atoms with Crippen LogP contribution in [0.2, 0.25) is 0 Å². The van der Waals surface area contributed by atoms with Crippen LogP contribution in [0.5, 0.6) is 0 Å². The largest absolute Gasteiger partial charge is 0.338 e. The zero-order chi connectivity index (χ0) is 16.6. The summed E-state index contributed by atoms with van der Waals surface area (Å²) in [5.41, 5.74) is 2.09.